The van der Waals surface area contributed by atoms with E-state index in [-0.39, 0.29) is 5.75 Å². The SMILES string of the molecule is Cc1ccc(C(C=O)c2cc(O)cc(-c3cccc4[nH]ccc34)c2)cn1. The molecular weight excluding hydrogens is 324 g/mol. The van der Waals surface area contributed by atoms with E-state index in [9.17, 15) is 9.90 Å². The molecule has 0 aliphatic heterocycles. The summed E-state index contributed by atoms with van der Waals surface area (Å²) in [5.41, 5.74) is 5.36. The maximum Gasteiger partial charge on any atom is 0.131 e. The number of fused-ring (bicyclic) bond motifs is 1. The molecule has 0 amide bonds. The number of carbonyl (C=O) groups excluding carboxylic acids is 1. The third-order valence-electron chi connectivity index (χ3n) is 4.63. The van der Waals surface area contributed by atoms with Gasteiger partial charge >= 0.3 is 0 Å². The number of nitrogens with zero attached hydrogens (tertiary/aromatic N) is 1. The van der Waals surface area contributed by atoms with Crippen LogP contribution in [-0.2, 0) is 4.79 Å². The van der Waals surface area contributed by atoms with Crippen LogP contribution in [0.5, 0.6) is 5.75 Å². The first-order valence-corrected chi connectivity index (χ1v) is 8.44. The molecular formula is C22H18N2O2. The first-order chi connectivity index (χ1) is 12.7. The standard InChI is InChI=1S/C22H18N2O2/c1-14-5-6-15(12-24-14)21(13-25)17-9-16(10-18(26)11-17)19-3-2-4-22-20(19)7-8-23-22/h2-13,21,23,26H,1H3. The summed E-state index contributed by atoms with van der Waals surface area (Å²) in [5.74, 6) is -0.337. The van der Waals surface area contributed by atoms with E-state index in [1.807, 2.05) is 55.6 Å². The second kappa shape index (κ2) is 6.48. The number of carbonyl (C=O) groups is 1. The van der Waals surface area contributed by atoms with Gasteiger partial charge in [0, 0.05) is 29.0 Å². The Kier molecular flexibility index (Phi) is 4.01. The van der Waals surface area contributed by atoms with Crippen LogP contribution in [0.25, 0.3) is 22.0 Å². The lowest BCUT2D eigenvalue weighted by Crippen LogP contribution is -2.03. The molecule has 0 aliphatic carbocycles. The van der Waals surface area contributed by atoms with Gasteiger partial charge in [-0.25, -0.2) is 0 Å². The zero-order valence-corrected chi connectivity index (χ0v) is 14.3. The van der Waals surface area contributed by atoms with Crippen LogP contribution < -0.4 is 0 Å². The van der Waals surface area contributed by atoms with Gasteiger partial charge in [-0.1, -0.05) is 18.2 Å². The highest BCUT2D eigenvalue weighted by atomic mass is 16.3. The van der Waals surface area contributed by atoms with Crippen LogP contribution in [0.4, 0.5) is 0 Å². The Morgan fingerprint density at radius 1 is 1.08 bits per heavy atom. The number of H-pyrrole nitrogens is 1. The van der Waals surface area contributed by atoms with Gasteiger partial charge in [0.25, 0.3) is 0 Å². The number of aromatic amines is 1. The third-order valence-corrected chi connectivity index (χ3v) is 4.63. The maximum atomic E-state index is 11.8. The van der Waals surface area contributed by atoms with Gasteiger partial charge in [0.1, 0.15) is 12.0 Å². The predicted molar refractivity (Wildman–Crippen MR) is 102 cm³/mol. The first kappa shape index (κ1) is 16.1. The van der Waals surface area contributed by atoms with Gasteiger partial charge in [-0.3, -0.25) is 4.98 Å². The molecule has 2 aromatic carbocycles. The van der Waals surface area contributed by atoms with Crippen LogP contribution in [0.15, 0.2) is 67.0 Å². The zero-order chi connectivity index (χ0) is 18.1. The number of pyridine rings is 1. The number of benzene rings is 2. The van der Waals surface area contributed by atoms with Gasteiger partial charge in [-0.05, 0) is 65.6 Å². The van der Waals surface area contributed by atoms with Crippen molar-refractivity contribution in [3.63, 3.8) is 0 Å². The average Bonchev–Trinajstić information content (AvgIpc) is 3.12. The van der Waals surface area contributed by atoms with Crippen LogP contribution in [0.1, 0.15) is 22.7 Å². The van der Waals surface area contributed by atoms with Crippen molar-refractivity contribution in [1.29, 1.82) is 0 Å². The van der Waals surface area contributed by atoms with Crippen molar-refractivity contribution in [3.05, 3.63) is 83.8 Å². The molecule has 2 heterocycles. The van der Waals surface area contributed by atoms with E-state index in [1.165, 1.54) is 0 Å². The second-order valence-electron chi connectivity index (χ2n) is 6.40. The highest BCUT2D eigenvalue weighted by Gasteiger charge is 2.16. The minimum Gasteiger partial charge on any atom is -0.508 e. The van der Waals surface area contributed by atoms with Gasteiger partial charge in [0.15, 0.2) is 0 Å². The van der Waals surface area contributed by atoms with E-state index in [0.29, 0.717) is 0 Å². The number of nitrogens with one attached hydrogen (secondary N) is 1. The number of hydrogen-bond donors (Lipinski definition) is 2. The monoisotopic (exact) mass is 342 g/mol. The number of aldehydes is 1. The number of phenols is 1. The van der Waals surface area contributed by atoms with Crippen molar-refractivity contribution in [3.8, 4) is 16.9 Å². The van der Waals surface area contributed by atoms with E-state index in [2.05, 4.69) is 9.97 Å². The van der Waals surface area contributed by atoms with Crippen LogP contribution in [-0.4, -0.2) is 21.4 Å². The Labute approximate surface area is 151 Å². The lowest BCUT2D eigenvalue weighted by Gasteiger charge is -2.14. The molecule has 2 N–H and O–H groups in total. The lowest BCUT2D eigenvalue weighted by molar-refractivity contribution is -0.108. The Balaban J connectivity index is 1.84. The number of aromatic hydroxyl groups is 1. The molecule has 1 atom stereocenters. The molecule has 26 heavy (non-hydrogen) atoms. The summed E-state index contributed by atoms with van der Waals surface area (Å²) in [6.45, 7) is 1.91. The minimum absolute atomic E-state index is 0.136. The summed E-state index contributed by atoms with van der Waals surface area (Å²) < 4.78 is 0. The molecule has 0 saturated carbocycles. The van der Waals surface area contributed by atoms with E-state index in [1.54, 1.807) is 18.3 Å². The minimum atomic E-state index is -0.473. The van der Waals surface area contributed by atoms with Crippen molar-refractivity contribution >= 4 is 17.2 Å². The van der Waals surface area contributed by atoms with Gasteiger partial charge in [-0.2, -0.15) is 0 Å². The summed E-state index contributed by atoms with van der Waals surface area (Å²) in [7, 11) is 0. The zero-order valence-electron chi connectivity index (χ0n) is 14.3. The highest BCUT2D eigenvalue weighted by Crippen LogP contribution is 2.34. The van der Waals surface area contributed by atoms with Crippen molar-refractivity contribution in [2.24, 2.45) is 0 Å². The molecule has 4 rings (SSSR count). The van der Waals surface area contributed by atoms with Crippen LogP contribution in [0.3, 0.4) is 0 Å². The van der Waals surface area contributed by atoms with Gasteiger partial charge < -0.3 is 14.9 Å². The summed E-state index contributed by atoms with van der Waals surface area (Å²) in [6, 6.07) is 17.1. The Morgan fingerprint density at radius 3 is 2.73 bits per heavy atom. The molecule has 4 heteroatoms. The van der Waals surface area contributed by atoms with E-state index in [4.69, 9.17) is 0 Å². The predicted octanol–water partition coefficient (Wildman–Crippen LogP) is 4.57. The topological polar surface area (TPSA) is 66.0 Å². The molecule has 0 spiro atoms. The van der Waals surface area contributed by atoms with Crippen molar-refractivity contribution in [2.45, 2.75) is 12.8 Å². The number of hydrogen-bond acceptors (Lipinski definition) is 3. The number of rotatable bonds is 4. The molecule has 0 fully saturated rings. The molecule has 2 aromatic heterocycles. The Hall–Kier alpha value is -3.40. The molecule has 128 valence electrons. The van der Waals surface area contributed by atoms with Crippen LogP contribution in [0.2, 0.25) is 0 Å². The molecule has 1 unspecified atom stereocenters. The number of aromatic nitrogens is 2. The van der Waals surface area contributed by atoms with E-state index in [0.717, 1.165) is 45.1 Å². The normalized spacial score (nSPS) is 12.2. The van der Waals surface area contributed by atoms with Crippen LogP contribution in [0, 0.1) is 6.92 Å². The molecule has 0 saturated heterocycles. The third kappa shape index (κ3) is 2.86. The fourth-order valence-corrected chi connectivity index (χ4v) is 3.32. The highest BCUT2D eigenvalue weighted by molar-refractivity contribution is 5.95. The largest absolute Gasteiger partial charge is 0.508 e. The van der Waals surface area contributed by atoms with Crippen molar-refractivity contribution < 1.29 is 9.90 Å². The van der Waals surface area contributed by atoms with E-state index < -0.39 is 5.92 Å². The smallest absolute Gasteiger partial charge is 0.131 e. The summed E-state index contributed by atoms with van der Waals surface area (Å²) in [6.07, 6.45) is 4.50. The Bertz CT molecular complexity index is 1080. The second-order valence-corrected chi connectivity index (χ2v) is 6.40. The Morgan fingerprint density at radius 2 is 1.96 bits per heavy atom. The van der Waals surface area contributed by atoms with Crippen molar-refractivity contribution in [2.75, 3.05) is 0 Å². The molecule has 0 aliphatic rings. The quantitative estimate of drug-likeness (QED) is 0.534. The molecule has 4 aromatic rings. The summed E-state index contributed by atoms with van der Waals surface area (Å²) in [5, 5.41) is 11.3. The summed E-state index contributed by atoms with van der Waals surface area (Å²) in [4.78, 5) is 19.3. The van der Waals surface area contributed by atoms with Gasteiger partial charge in [0.05, 0.1) is 5.92 Å². The number of phenolic OH excluding ortho intramolecular Hbond substituents is 1. The maximum absolute atomic E-state index is 11.8. The first-order valence-electron chi connectivity index (χ1n) is 8.44. The fraction of sp³-hybridized carbons (Fsp3) is 0.0909. The fourth-order valence-electron chi connectivity index (χ4n) is 3.32. The number of aryl methyl sites for hydroxylation is 1. The molecule has 4 nitrogen and oxygen atoms in total. The van der Waals surface area contributed by atoms with Gasteiger partial charge in [0.2, 0.25) is 0 Å². The van der Waals surface area contributed by atoms with Crippen LogP contribution >= 0.6 is 0 Å². The van der Waals surface area contributed by atoms with Crippen molar-refractivity contribution in [1.82, 2.24) is 9.97 Å². The van der Waals surface area contributed by atoms with E-state index >= 15 is 0 Å². The summed E-state index contributed by atoms with van der Waals surface area (Å²) >= 11 is 0. The van der Waals surface area contributed by atoms with Gasteiger partial charge in [-0.15, -0.1) is 0 Å². The average molecular weight is 342 g/mol. The lowest BCUT2D eigenvalue weighted by atomic mass is 9.90. The molecule has 0 radical (unpaired) electrons. The molecule has 0 bridgehead atoms.